The van der Waals surface area contributed by atoms with Crippen molar-refractivity contribution in [2.24, 2.45) is 0 Å². The third kappa shape index (κ3) is 4.51. The second-order valence-electron chi connectivity index (χ2n) is 4.20. The zero-order chi connectivity index (χ0) is 16.0. The number of rotatable bonds is 6. The monoisotopic (exact) mass is 298 g/mol. The molecule has 7 nitrogen and oxygen atoms in total. The summed E-state index contributed by atoms with van der Waals surface area (Å²) in [6, 6.07) is 2.72. The van der Waals surface area contributed by atoms with Crippen molar-refractivity contribution in [2.45, 2.75) is 13.3 Å². The Bertz CT molecular complexity index is 561. The molecular weight excluding hydrogens is 283 g/mol. The van der Waals surface area contributed by atoms with E-state index in [1.54, 1.807) is 6.92 Å². The number of hydrogen-bond donors (Lipinski definition) is 0. The van der Waals surface area contributed by atoms with Gasteiger partial charge in [-0.05, 0) is 13.0 Å². The van der Waals surface area contributed by atoms with Gasteiger partial charge < -0.3 is 9.64 Å². The first kappa shape index (κ1) is 16.5. The molecule has 0 radical (unpaired) electrons. The van der Waals surface area contributed by atoms with E-state index < -0.39 is 28.2 Å². The number of ether oxygens (including phenoxy) is 1. The van der Waals surface area contributed by atoms with Crippen molar-refractivity contribution in [1.82, 2.24) is 4.90 Å². The number of halogens is 1. The fraction of sp³-hybridized carbons (Fsp3) is 0.385. The minimum Gasteiger partial charge on any atom is -0.466 e. The van der Waals surface area contributed by atoms with Gasteiger partial charge in [0.05, 0.1) is 23.5 Å². The summed E-state index contributed by atoms with van der Waals surface area (Å²) in [5.41, 5.74) is -0.783. The Morgan fingerprint density at radius 1 is 1.43 bits per heavy atom. The number of non-ortho nitro benzene ring substituents is 1. The van der Waals surface area contributed by atoms with Crippen molar-refractivity contribution in [1.29, 1.82) is 0 Å². The fourth-order valence-electron chi connectivity index (χ4n) is 1.59. The summed E-state index contributed by atoms with van der Waals surface area (Å²) < 4.78 is 18.3. The van der Waals surface area contributed by atoms with Gasteiger partial charge in [-0.15, -0.1) is 0 Å². The van der Waals surface area contributed by atoms with E-state index in [0.29, 0.717) is 0 Å². The van der Waals surface area contributed by atoms with Crippen LogP contribution in [-0.4, -0.2) is 41.9 Å². The molecule has 1 aromatic rings. The smallest absolute Gasteiger partial charge is 0.307 e. The summed E-state index contributed by atoms with van der Waals surface area (Å²) in [4.78, 5) is 34.3. The summed E-state index contributed by atoms with van der Waals surface area (Å²) >= 11 is 0. The Kier molecular flexibility index (Phi) is 5.77. The lowest BCUT2D eigenvalue weighted by atomic mass is 10.1. The van der Waals surface area contributed by atoms with E-state index in [0.717, 1.165) is 23.1 Å². The highest BCUT2D eigenvalue weighted by Gasteiger charge is 2.20. The molecule has 0 aliphatic carbocycles. The van der Waals surface area contributed by atoms with Crippen molar-refractivity contribution in [2.75, 3.05) is 20.2 Å². The molecule has 0 bridgehead atoms. The molecule has 1 aromatic carbocycles. The Hall–Kier alpha value is -2.51. The molecule has 0 saturated heterocycles. The first-order chi connectivity index (χ1) is 9.86. The minimum atomic E-state index is -0.853. The molecule has 0 aromatic heterocycles. The molecule has 0 atom stereocenters. The van der Waals surface area contributed by atoms with Gasteiger partial charge >= 0.3 is 5.97 Å². The highest BCUT2D eigenvalue weighted by molar-refractivity contribution is 5.95. The van der Waals surface area contributed by atoms with Crippen LogP contribution < -0.4 is 0 Å². The van der Waals surface area contributed by atoms with Gasteiger partial charge in [0.2, 0.25) is 0 Å². The molecule has 0 saturated carbocycles. The Balaban J connectivity index is 2.80. The van der Waals surface area contributed by atoms with Crippen LogP contribution in [-0.2, 0) is 9.53 Å². The number of carbonyl (C=O) groups excluding carboxylic acids is 2. The van der Waals surface area contributed by atoms with Crippen LogP contribution in [0.4, 0.5) is 10.1 Å². The van der Waals surface area contributed by atoms with Crippen LogP contribution in [0.3, 0.4) is 0 Å². The van der Waals surface area contributed by atoms with E-state index in [1.165, 1.54) is 7.05 Å². The van der Waals surface area contributed by atoms with E-state index in [4.69, 9.17) is 4.74 Å². The molecule has 8 heteroatoms. The molecule has 0 heterocycles. The van der Waals surface area contributed by atoms with Crippen molar-refractivity contribution < 1.29 is 23.6 Å². The van der Waals surface area contributed by atoms with E-state index in [9.17, 15) is 24.1 Å². The van der Waals surface area contributed by atoms with Crippen molar-refractivity contribution in [3.05, 3.63) is 39.7 Å². The predicted octanol–water partition coefficient (Wildman–Crippen LogP) is 1.76. The number of amides is 1. The van der Waals surface area contributed by atoms with E-state index >= 15 is 0 Å². The Morgan fingerprint density at radius 3 is 2.67 bits per heavy atom. The Labute approximate surface area is 120 Å². The Morgan fingerprint density at radius 2 is 2.10 bits per heavy atom. The maximum atomic E-state index is 13.6. The van der Waals surface area contributed by atoms with Gasteiger partial charge in [0.25, 0.3) is 11.6 Å². The van der Waals surface area contributed by atoms with Crippen LogP contribution in [0, 0.1) is 15.9 Å². The fourth-order valence-corrected chi connectivity index (χ4v) is 1.59. The number of carbonyl (C=O) groups is 2. The zero-order valence-corrected chi connectivity index (χ0v) is 11.7. The number of nitro groups is 1. The molecule has 114 valence electrons. The van der Waals surface area contributed by atoms with Gasteiger partial charge in [-0.3, -0.25) is 19.7 Å². The summed E-state index contributed by atoms with van der Waals surface area (Å²) in [7, 11) is 1.37. The minimum absolute atomic E-state index is 0.0276. The molecule has 1 rings (SSSR count). The predicted molar refractivity (Wildman–Crippen MR) is 71.3 cm³/mol. The topological polar surface area (TPSA) is 89.8 Å². The van der Waals surface area contributed by atoms with Gasteiger partial charge in [-0.1, -0.05) is 0 Å². The second kappa shape index (κ2) is 7.32. The van der Waals surface area contributed by atoms with E-state index in [1.807, 2.05) is 0 Å². The molecule has 0 aliphatic heterocycles. The van der Waals surface area contributed by atoms with Crippen molar-refractivity contribution in [3.63, 3.8) is 0 Å². The zero-order valence-electron chi connectivity index (χ0n) is 11.7. The lowest BCUT2D eigenvalue weighted by Gasteiger charge is -2.16. The summed E-state index contributed by atoms with van der Waals surface area (Å²) in [6.07, 6.45) is -0.0351. The number of nitro benzene ring substituents is 1. The summed E-state index contributed by atoms with van der Waals surface area (Å²) in [6.45, 7) is 1.92. The van der Waals surface area contributed by atoms with Crippen LogP contribution in [0.5, 0.6) is 0 Å². The number of esters is 1. The van der Waals surface area contributed by atoms with Crippen molar-refractivity contribution in [3.8, 4) is 0 Å². The molecular formula is C13H15FN2O5. The lowest BCUT2D eigenvalue weighted by molar-refractivity contribution is -0.384. The largest absolute Gasteiger partial charge is 0.466 e. The first-order valence-electron chi connectivity index (χ1n) is 6.21. The maximum Gasteiger partial charge on any atom is 0.307 e. The third-order valence-electron chi connectivity index (χ3n) is 2.69. The average Bonchev–Trinajstić information content (AvgIpc) is 2.44. The molecule has 21 heavy (non-hydrogen) atoms. The molecule has 1 amide bonds. The number of hydrogen-bond acceptors (Lipinski definition) is 5. The lowest BCUT2D eigenvalue weighted by Crippen LogP contribution is -2.30. The number of nitrogens with zero attached hydrogens (tertiary/aromatic N) is 2. The average molecular weight is 298 g/mol. The molecule has 0 fully saturated rings. The summed E-state index contributed by atoms with van der Waals surface area (Å²) in [5.74, 6) is -2.06. The van der Waals surface area contributed by atoms with Crippen LogP contribution in [0.15, 0.2) is 18.2 Å². The second-order valence-corrected chi connectivity index (χ2v) is 4.20. The van der Waals surface area contributed by atoms with Crippen LogP contribution in [0.1, 0.15) is 23.7 Å². The van der Waals surface area contributed by atoms with Crippen LogP contribution in [0.25, 0.3) is 0 Å². The molecule has 0 N–H and O–H groups in total. The van der Waals surface area contributed by atoms with Gasteiger partial charge in [-0.25, -0.2) is 4.39 Å². The highest BCUT2D eigenvalue weighted by Crippen LogP contribution is 2.18. The standard InChI is InChI=1S/C13H15FN2O5/c1-3-21-12(17)6-7-15(2)13(18)10-8-9(16(19)20)4-5-11(10)14/h4-5,8H,3,6-7H2,1-2H3. The molecule has 0 spiro atoms. The SMILES string of the molecule is CCOC(=O)CCN(C)C(=O)c1cc([N+](=O)[O-])ccc1F. The third-order valence-corrected chi connectivity index (χ3v) is 2.69. The van der Waals surface area contributed by atoms with E-state index in [-0.39, 0.29) is 25.3 Å². The van der Waals surface area contributed by atoms with Crippen molar-refractivity contribution >= 4 is 17.6 Å². The normalized spacial score (nSPS) is 10.0. The van der Waals surface area contributed by atoms with Gasteiger partial charge in [0, 0.05) is 25.7 Å². The highest BCUT2D eigenvalue weighted by atomic mass is 19.1. The first-order valence-corrected chi connectivity index (χ1v) is 6.21. The van der Waals surface area contributed by atoms with Gasteiger partial charge in [-0.2, -0.15) is 0 Å². The maximum absolute atomic E-state index is 13.6. The molecule has 0 unspecified atom stereocenters. The summed E-state index contributed by atoms with van der Waals surface area (Å²) in [5, 5.41) is 10.6. The van der Waals surface area contributed by atoms with Crippen LogP contribution >= 0.6 is 0 Å². The van der Waals surface area contributed by atoms with Crippen LogP contribution in [0.2, 0.25) is 0 Å². The van der Waals surface area contributed by atoms with Gasteiger partial charge in [0.15, 0.2) is 0 Å². The number of benzene rings is 1. The quantitative estimate of drug-likeness (QED) is 0.453. The van der Waals surface area contributed by atoms with E-state index in [2.05, 4.69) is 0 Å². The molecule has 0 aliphatic rings. The van der Waals surface area contributed by atoms with Gasteiger partial charge in [0.1, 0.15) is 5.82 Å².